The maximum atomic E-state index is 7.98. The Labute approximate surface area is 210 Å². The van der Waals surface area contributed by atoms with Crippen molar-refractivity contribution in [2.24, 2.45) is 16.3 Å². The molecule has 8 heteroatoms. The standard InChI is InChI=1S/C27H43N7O/c1-32(26-21-33(2)31-30-26)20-24(12-8-3-4-9-13-25(28)34-16-17-34)29-27(22-10-6-5-7-11-22)23-14-18-35-19-15-23/h5-7,9-11,13,23-24,26-29H,3-4,8,12,14-21H2,1-2H3/b13-9-,28-25?. The van der Waals surface area contributed by atoms with Gasteiger partial charge in [0.25, 0.3) is 0 Å². The van der Waals surface area contributed by atoms with Crippen LogP contribution in [0.2, 0.25) is 0 Å². The Bertz CT molecular complexity index is 835. The maximum absolute atomic E-state index is 7.98. The first kappa shape index (κ1) is 25.8. The minimum atomic E-state index is 0.119. The molecular formula is C27H43N7O. The molecule has 0 radical (unpaired) electrons. The number of ether oxygens (including phenoxy) is 1. The van der Waals surface area contributed by atoms with Crippen molar-refractivity contribution >= 4 is 5.84 Å². The summed E-state index contributed by atoms with van der Waals surface area (Å²) in [5.74, 6) is 1.24. The molecule has 0 spiro atoms. The zero-order chi connectivity index (χ0) is 24.5. The van der Waals surface area contributed by atoms with Gasteiger partial charge in [0.1, 0.15) is 12.0 Å². The number of unbranched alkanes of at least 4 members (excludes halogenated alkanes) is 2. The van der Waals surface area contributed by atoms with Crippen LogP contribution in [0.1, 0.15) is 50.1 Å². The Morgan fingerprint density at radius 2 is 2.00 bits per heavy atom. The summed E-state index contributed by atoms with van der Waals surface area (Å²) in [6.45, 7) is 5.58. The summed E-state index contributed by atoms with van der Waals surface area (Å²) in [7, 11) is 4.15. The Kier molecular flexibility index (Phi) is 9.68. The van der Waals surface area contributed by atoms with E-state index >= 15 is 0 Å². The smallest absolute Gasteiger partial charge is 0.144 e. The molecule has 35 heavy (non-hydrogen) atoms. The molecule has 3 aliphatic rings. The molecule has 1 aromatic carbocycles. The molecule has 2 N–H and O–H groups in total. The van der Waals surface area contributed by atoms with Crippen molar-refractivity contribution in [1.82, 2.24) is 20.1 Å². The fourth-order valence-electron chi connectivity index (χ4n) is 5.09. The first-order valence-corrected chi connectivity index (χ1v) is 13.3. The first-order chi connectivity index (χ1) is 17.1. The van der Waals surface area contributed by atoms with E-state index in [1.807, 2.05) is 18.1 Å². The van der Waals surface area contributed by atoms with Crippen molar-refractivity contribution in [3.05, 3.63) is 48.0 Å². The molecule has 0 aromatic heterocycles. The van der Waals surface area contributed by atoms with Gasteiger partial charge in [0.15, 0.2) is 0 Å². The van der Waals surface area contributed by atoms with Crippen molar-refractivity contribution in [3.8, 4) is 0 Å². The van der Waals surface area contributed by atoms with E-state index in [1.54, 1.807) is 0 Å². The second kappa shape index (κ2) is 13.1. The number of amidine groups is 1. The zero-order valence-corrected chi connectivity index (χ0v) is 21.5. The monoisotopic (exact) mass is 481 g/mol. The number of nitrogens with one attached hydrogen (secondary N) is 2. The molecule has 3 atom stereocenters. The van der Waals surface area contributed by atoms with Crippen LogP contribution in [0.15, 0.2) is 52.8 Å². The predicted molar refractivity (Wildman–Crippen MR) is 140 cm³/mol. The number of hydrogen-bond donors (Lipinski definition) is 2. The van der Waals surface area contributed by atoms with Crippen LogP contribution in [-0.2, 0) is 4.74 Å². The van der Waals surface area contributed by atoms with Gasteiger partial charge < -0.3 is 15.0 Å². The van der Waals surface area contributed by atoms with Crippen LogP contribution >= 0.6 is 0 Å². The van der Waals surface area contributed by atoms with E-state index in [9.17, 15) is 0 Å². The third kappa shape index (κ3) is 8.12. The van der Waals surface area contributed by atoms with Gasteiger partial charge in [-0.25, -0.2) is 0 Å². The van der Waals surface area contributed by atoms with Crippen LogP contribution in [0.4, 0.5) is 0 Å². The molecule has 3 unspecified atom stereocenters. The summed E-state index contributed by atoms with van der Waals surface area (Å²) < 4.78 is 5.68. The summed E-state index contributed by atoms with van der Waals surface area (Å²) in [6, 6.07) is 11.6. The van der Waals surface area contributed by atoms with Gasteiger partial charge in [0.05, 0.1) is 6.54 Å². The van der Waals surface area contributed by atoms with Gasteiger partial charge in [0.2, 0.25) is 0 Å². The number of benzene rings is 1. The van der Waals surface area contributed by atoms with E-state index in [0.29, 0.717) is 23.8 Å². The molecule has 8 nitrogen and oxygen atoms in total. The molecule has 0 aliphatic carbocycles. The van der Waals surface area contributed by atoms with Crippen LogP contribution in [0.3, 0.4) is 0 Å². The SMILES string of the molecule is CN1CC(N(C)CC(CCCC/C=C\C(=N)N2CC2)NC(c2ccccc2)C2CCOCC2)N=N1. The summed E-state index contributed by atoms with van der Waals surface area (Å²) in [5, 5.41) is 22.7. The minimum Gasteiger partial charge on any atom is -0.381 e. The van der Waals surface area contributed by atoms with E-state index in [1.165, 1.54) is 5.56 Å². The quantitative estimate of drug-likeness (QED) is 0.192. The van der Waals surface area contributed by atoms with Gasteiger partial charge in [0, 0.05) is 52.0 Å². The molecule has 0 saturated carbocycles. The fourth-order valence-corrected chi connectivity index (χ4v) is 5.09. The average Bonchev–Trinajstić information content (AvgIpc) is 3.65. The number of hydrogen-bond acceptors (Lipinski definition) is 7. The summed E-state index contributed by atoms with van der Waals surface area (Å²) in [6.07, 6.45) is 10.9. The van der Waals surface area contributed by atoms with Gasteiger partial charge in [-0.3, -0.25) is 15.3 Å². The predicted octanol–water partition coefficient (Wildman–Crippen LogP) is 4.09. The summed E-state index contributed by atoms with van der Waals surface area (Å²) >= 11 is 0. The van der Waals surface area contributed by atoms with Crippen LogP contribution in [0, 0.1) is 11.3 Å². The second-order valence-electron chi connectivity index (χ2n) is 10.2. The summed E-state index contributed by atoms with van der Waals surface area (Å²) in [5.41, 5.74) is 1.38. The van der Waals surface area contributed by atoms with Gasteiger partial charge in [-0.2, -0.15) is 0 Å². The van der Waals surface area contributed by atoms with Gasteiger partial charge in [-0.15, -0.1) is 5.11 Å². The van der Waals surface area contributed by atoms with Crippen molar-refractivity contribution < 1.29 is 4.74 Å². The van der Waals surface area contributed by atoms with Crippen LogP contribution in [0.25, 0.3) is 0 Å². The molecule has 0 bridgehead atoms. The summed E-state index contributed by atoms with van der Waals surface area (Å²) in [4.78, 5) is 4.42. The Hall–Kier alpha value is -2.29. The average molecular weight is 482 g/mol. The molecule has 0 amide bonds. The Morgan fingerprint density at radius 3 is 2.69 bits per heavy atom. The van der Waals surface area contributed by atoms with E-state index in [-0.39, 0.29) is 6.17 Å². The van der Waals surface area contributed by atoms with Crippen molar-refractivity contribution in [3.63, 3.8) is 0 Å². The topological polar surface area (TPSA) is 79.3 Å². The number of rotatable bonds is 13. The van der Waals surface area contributed by atoms with Gasteiger partial charge in [-0.05, 0) is 56.7 Å². The van der Waals surface area contributed by atoms with Crippen LogP contribution in [0.5, 0.6) is 0 Å². The van der Waals surface area contributed by atoms with E-state index in [0.717, 1.165) is 77.9 Å². The van der Waals surface area contributed by atoms with Crippen LogP contribution < -0.4 is 5.32 Å². The lowest BCUT2D eigenvalue weighted by molar-refractivity contribution is 0.0503. The zero-order valence-electron chi connectivity index (χ0n) is 21.5. The normalized spacial score (nSPS) is 22.3. The minimum absolute atomic E-state index is 0.119. The highest BCUT2D eigenvalue weighted by Crippen LogP contribution is 2.31. The van der Waals surface area contributed by atoms with Gasteiger partial charge >= 0.3 is 0 Å². The number of likely N-dealkylation sites (N-methyl/N-ethyl adjacent to an activating group) is 2. The third-order valence-corrected chi connectivity index (χ3v) is 7.33. The third-order valence-electron chi connectivity index (χ3n) is 7.33. The Balaban J connectivity index is 1.37. The largest absolute Gasteiger partial charge is 0.381 e. The van der Waals surface area contributed by atoms with Crippen LogP contribution in [-0.4, -0.2) is 86.3 Å². The first-order valence-electron chi connectivity index (χ1n) is 13.3. The molecule has 3 heterocycles. The highest BCUT2D eigenvalue weighted by atomic mass is 16.5. The second-order valence-corrected chi connectivity index (χ2v) is 10.2. The Morgan fingerprint density at radius 1 is 1.23 bits per heavy atom. The molecule has 2 saturated heterocycles. The van der Waals surface area contributed by atoms with E-state index < -0.39 is 0 Å². The van der Waals surface area contributed by atoms with Crippen molar-refractivity contribution in [1.29, 1.82) is 5.41 Å². The molecule has 192 valence electrons. The molecule has 1 aromatic rings. The lowest BCUT2D eigenvalue weighted by atomic mass is 9.86. The van der Waals surface area contributed by atoms with Crippen molar-refractivity contribution in [2.75, 3.05) is 53.5 Å². The van der Waals surface area contributed by atoms with Gasteiger partial charge in [-0.1, -0.05) is 48.1 Å². The van der Waals surface area contributed by atoms with E-state index in [4.69, 9.17) is 10.1 Å². The number of allylic oxidation sites excluding steroid dienone is 1. The lowest BCUT2D eigenvalue weighted by Gasteiger charge is -2.36. The van der Waals surface area contributed by atoms with E-state index in [2.05, 4.69) is 68.9 Å². The highest BCUT2D eigenvalue weighted by molar-refractivity contribution is 5.91. The maximum Gasteiger partial charge on any atom is 0.144 e. The molecular weight excluding hydrogens is 438 g/mol. The highest BCUT2D eigenvalue weighted by Gasteiger charge is 2.29. The fraction of sp³-hybridized carbons (Fsp3) is 0.667. The van der Waals surface area contributed by atoms with Crippen molar-refractivity contribution in [2.45, 2.75) is 56.8 Å². The molecule has 4 rings (SSSR count). The lowest BCUT2D eigenvalue weighted by Crippen LogP contribution is -2.47. The molecule has 3 aliphatic heterocycles. The molecule has 2 fully saturated rings. The number of nitrogens with zero attached hydrogens (tertiary/aromatic N) is 5.